The molecule has 0 amide bonds. The summed E-state index contributed by atoms with van der Waals surface area (Å²) in [6, 6.07) is 15.2. The van der Waals surface area contributed by atoms with E-state index in [0.717, 1.165) is 11.1 Å². The van der Waals surface area contributed by atoms with Crippen molar-refractivity contribution in [1.29, 1.82) is 0 Å². The molecule has 0 bridgehead atoms. The van der Waals surface area contributed by atoms with Crippen molar-refractivity contribution in [2.24, 2.45) is 5.11 Å². The van der Waals surface area contributed by atoms with Crippen LogP contribution in [0, 0.1) is 0 Å². The van der Waals surface area contributed by atoms with E-state index in [1.165, 1.54) is 0 Å². The van der Waals surface area contributed by atoms with Gasteiger partial charge in [0.05, 0.1) is 5.69 Å². The molecule has 78 valence electrons. The number of rotatable bonds is 2. The standard InChI is InChI=1S/C12H10N4/c13-12-10(9-5-2-1-3-6-9)7-4-8-11(12)15-16-14/h1-8H,13H2. The maximum absolute atomic E-state index is 8.41. The number of benzene rings is 2. The lowest BCUT2D eigenvalue weighted by Gasteiger charge is -2.07. The Balaban J connectivity index is 2.59. The third-order valence-electron chi connectivity index (χ3n) is 2.32. The summed E-state index contributed by atoms with van der Waals surface area (Å²) >= 11 is 0. The minimum absolute atomic E-state index is 0.462. The van der Waals surface area contributed by atoms with Gasteiger partial charge in [-0.05, 0) is 11.1 Å². The van der Waals surface area contributed by atoms with Gasteiger partial charge in [-0.15, -0.1) is 0 Å². The molecule has 2 aromatic rings. The second-order valence-electron chi connectivity index (χ2n) is 3.29. The maximum atomic E-state index is 8.41. The highest BCUT2D eigenvalue weighted by Gasteiger charge is 2.04. The minimum atomic E-state index is 0.462. The van der Waals surface area contributed by atoms with Crippen LogP contribution in [-0.4, -0.2) is 0 Å². The molecule has 0 saturated carbocycles. The van der Waals surface area contributed by atoms with E-state index in [-0.39, 0.29) is 0 Å². The molecule has 0 atom stereocenters. The molecule has 2 aromatic carbocycles. The fraction of sp³-hybridized carbons (Fsp3) is 0. The quantitative estimate of drug-likeness (QED) is 0.347. The summed E-state index contributed by atoms with van der Waals surface area (Å²) in [5.74, 6) is 0. The van der Waals surface area contributed by atoms with E-state index in [4.69, 9.17) is 11.3 Å². The van der Waals surface area contributed by atoms with Crippen LogP contribution >= 0.6 is 0 Å². The first-order valence-corrected chi connectivity index (χ1v) is 4.82. The number of hydrogen-bond donors (Lipinski definition) is 1. The number of hydrogen-bond acceptors (Lipinski definition) is 2. The molecule has 0 spiro atoms. The molecule has 2 N–H and O–H groups in total. The highest BCUT2D eigenvalue weighted by Crippen LogP contribution is 2.33. The van der Waals surface area contributed by atoms with Crippen molar-refractivity contribution in [2.75, 3.05) is 5.73 Å². The minimum Gasteiger partial charge on any atom is -0.398 e. The predicted octanol–water partition coefficient (Wildman–Crippen LogP) is 3.88. The summed E-state index contributed by atoms with van der Waals surface area (Å²) in [7, 11) is 0. The Morgan fingerprint density at radius 3 is 2.44 bits per heavy atom. The number of para-hydroxylation sites is 1. The van der Waals surface area contributed by atoms with Gasteiger partial charge in [-0.1, -0.05) is 53.6 Å². The number of nitrogen functional groups attached to an aromatic ring is 1. The largest absolute Gasteiger partial charge is 0.398 e. The van der Waals surface area contributed by atoms with Crippen molar-refractivity contribution in [3.8, 4) is 11.1 Å². The van der Waals surface area contributed by atoms with Gasteiger partial charge >= 0.3 is 0 Å². The van der Waals surface area contributed by atoms with Crippen molar-refractivity contribution < 1.29 is 0 Å². The molecule has 16 heavy (non-hydrogen) atoms. The van der Waals surface area contributed by atoms with Crippen molar-refractivity contribution in [2.45, 2.75) is 0 Å². The van der Waals surface area contributed by atoms with Crippen LogP contribution in [0.15, 0.2) is 53.6 Å². The molecule has 0 aromatic heterocycles. The van der Waals surface area contributed by atoms with E-state index in [2.05, 4.69) is 10.0 Å². The van der Waals surface area contributed by atoms with E-state index in [9.17, 15) is 0 Å². The predicted molar refractivity (Wildman–Crippen MR) is 65.1 cm³/mol. The molecule has 0 radical (unpaired) electrons. The van der Waals surface area contributed by atoms with Gasteiger partial charge < -0.3 is 5.73 Å². The Bertz CT molecular complexity index is 542. The van der Waals surface area contributed by atoms with E-state index < -0.39 is 0 Å². The van der Waals surface area contributed by atoms with Crippen LogP contribution in [0.5, 0.6) is 0 Å². The van der Waals surface area contributed by atoms with Crippen molar-refractivity contribution in [1.82, 2.24) is 0 Å². The Labute approximate surface area is 93.0 Å². The smallest absolute Gasteiger partial charge is 0.0611 e. The fourth-order valence-corrected chi connectivity index (χ4v) is 1.56. The number of azide groups is 1. The third-order valence-corrected chi connectivity index (χ3v) is 2.32. The van der Waals surface area contributed by atoms with E-state index in [0.29, 0.717) is 11.4 Å². The normalized spacial score (nSPS) is 9.50. The van der Waals surface area contributed by atoms with Gasteiger partial charge in [-0.2, -0.15) is 0 Å². The van der Waals surface area contributed by atoms with Gasteiger partial charge in [-0.3, -0.25) is 0 Å². The second kappa shape index (κ2) is 4.38. The van der Waals surface area contributed by atoms with E-state index in [1.807, 2.05) is 42.5 Å². The van der Waals surface area contributed by atoms with Gasteiger partial charge in [0.25, 0.3) is 0 Å². The summed E-state index contributed by atoms with van der Waals surface area (Å²) in [4.78, 5) is 2.75. The van der Waals surface area contributed by atoms with Gasteiger partial charge in [0.1, 0.15) is 0 Å². The van der Waals surface area contributed by atoms with Crippen LogP contribution in [0.3, 0.4) is 0 Å². The Kier molecular flexibility index (Phi) is 2.76. The monoisotopic (exact) mass is 210 g/mol. The molecule has 0 aliphatic heterocycles. The lowest BCUT2D eigenvalue weighted by atomic mass is 10.0. The molecule has 0 saturated heterocycles. The zero-order chi connectivity index (χ0) is 11.4. The Morgan fingerprint density at radius 1 is 1.00 bits per heavy atom. The SMILES string of the molecule is [N-]=[N+]=Nc1cccc(-c2ccccc2)c1N. The van der Waals surface area contributed by atoms with Crippen molar-refractivity contribution in [3.05, 3.63) is 59.0 Å². The number of anilines is 1. The molecule has 0 aliphatic rings. The van der Waals surface area contributed by atoms with Gasteiger partial charge in [0.2, 0.25) is 0 Å². The van der Waals surface area contributed by atoms with Crippen LogP contribution in [0.1, 0.15) is 0 Å². The summed E-state index contributed by atoms with van der Waals surface area (Å²) in [6.07, 6.45) is 0. The second-order valence-corrected chi connectivity index (χ2v) is 3.29. The topological polar surface area (TPSA) is 74.8 Å². The fourth-order valence-electron chi connectivity index (χ4n) is 1.56. The average Bonchev–Trinajstić information content (AvgIpc) is 2.33. The summed E-state index contributed by atoms with van der Waals surface area (Å²) in [5, 5.41) is 3.55. The summed E-state index contributed by atoms with van der Waals surface area (Å²) in [6.45, 7) is 0. The molecular formula is C12H10N4. The highest BCUT2D eigenvalue weighted by atomic mass is 15.1. The van der Waals surface area contributed by atoms with Gasteiger partial charge in [0, 0.05) is 16.2 Å². The van der Waals surface area contributed by atoms with E-state index >= 15 is 0 Å². The first-order valence-electron chi connectivity index (χ1n) is 4.82. The summed E-state index contributed by atoms with van der Waals surface area (Å²) < 4.78 is 0. The Morgan fingerprint density at radius 2 is 1.75 bits per heavy atom. The molecule has 0 heterocycles. The van der Waals surface area contributed by atoms with Gasteiger partial charge in [0.15, 0.2) is 0 Å². The molecule has 0 unspecified atom stereocenters. The van der Waals surface area contributed by atoms with Crippen LogP contribution in [0.25, 0.3) is 21.6 Å². The maximum Gasteiger partial charge on any atom is 0.0611 e. The zero-order valence-electron chi connectivity index (χ0n) is 8.54. The van der Waals surface area contributed by atoms with Crippen LogP contribution < -0.4 is 5.73 Å². The highest BCUT2D eigenvalue weighted by molar-refractivity contribution is 5.83. The lowest BCUT2D eigenvalue weighted by molar-refractivity contribution is 1.47. The summed E-state index contributed by atoms with van der Waals surface area (Å²) in [5.41, 5.74) is 17.2. The molecule has 0 fully saturated rings. The van der Waals surface area contributed by atoms with E-state index in [1.54, 1.807) is 6.07 Å². The molecular weight excluding hydrogens is 200 g/mol. The van der Waals surface area contributed by atoms with Crippen LogP contribution in [-0.2, 0) is 0 Å². The first kappa shape index (κ1) is 10.1. The molecule has 2 rings (SSSR count). The first-order chi connectivity index (χ1) is 7.83. The van der Waals surface area contributed by atoms with Crippen LogP contribution in [0.4, 0.5) is 11.4 Å². The number of nitrogens with two attached hydrogens (primary N) is 1. The lowest BCUT2D eigenvalue weighted by Crippen LogP contribution is -1.89. The third kappa shape index (κ3) is 1.82. The molecule has 4 heteroatoms. The van der Waals surface area contributed by atoms with Crippen LogP contribution in [0.2, 0.25) is 0 Å². The Hall–Kier alpha value is -2.45. The van der Waals surface area contributed by atoms with Gasteiger partial charge in [-0.25, -0.2) is 0 Å². The molecule has 4 nitrogen and oxygen atoms in total. The zero-order valence-corrected chi connectivity index (χ0v) is 8.54. The average molecular weight is 210 g/mol. The van der Waals surface area contributed by atoms with Crippen molar-refractivity contribution in [3.63, 3.8) is 0 Å². The van der Waals surface area contributed by atoms with Crippen molar-refractivity contribution >= 4 is 11.4 Å². The number of nitrogens with zero attached hydrogens (tertiary/aromatic N) is 3. The molecule has 0 aliphatic carbocycles.